The maximum absolute atomic E-state index is 13.2. The third-order valence-electron chi connectivity index (χ3n) is 4.83. The molecule has 4 rings (SSSR count). The molecular weight excluding hydrogens is 507 g/mol. The van der Waals surface area contributed by atoms with Crippen molar-refractivity contribution in [1.82, 2.24) is 19.3 Å². The van der Waals surface area contributed by atoms with Crippen molar-refractivity contribution in [2.75, 3.05) is 0 Å². The van der Waals surface area contributed by atoms with Gasteiger partial charge in [-0.1, -0.05) is 23.8 Å². The number of hydrogen-bond donors (Lipinski definition) is 2. The molecule has 0 spiro atoms. The summed E-state index contributed by atoms with van der Waals surface area (Å²) >= 11 is 2.08. The molecule has 0 fully saturated rings. The van der Waals surface area contributed by atoms with Crippen LogP contribution in [0.15, 0.2) is 47.8 Å². The second kappa shape index (κ2) is 7.41. The van der Waals surface area contributed by atoms with E-state index in [0.717, 1.165) is 11.1 Å². The fourth-order valence-corrected chi connectivity index (χ4v) is 5.72. The molecule has 8 nitrogen and oxygen atoms in total. The monoisotopic (exact) mass is 524 g/mol. The first-order valence-electron chi connectivity index (χ1n) is 8.80. The van der Waals surface area contributed by atoms with Crippen LogP contribution in [0.2, 0.25) is 0 Å². The van der Waals surface area contributed by atoms with E-state index in [1.165, 1.54) is 10.3 Å². The number of carboxylic acid groups (broad SMARTS) is 1. The average Bonchev–Trinajstić information content (AvgIpc) is 3.26. The normalized spacial score (nSPS) is 16.8. The Balaban J connectivity index is 1.79. The summed E-state index contributed by atoms with van der Waals surface area (Å²) in [6, 6.07) is 6.44. The van der Waals surface area contributed by atoms with Gasteiger partial charge >= 0.3 is 6.09 Å². The van der Waals surface area contributed by atoms with E-state index in [0.29, 0.717) is 33.1 Å². The molecule has 2 N–H and O–H groups in total. The van der Waals surface area contributed by atoms with Gasteiger partial charge in [-0.2, -0.15) is 0 Å². The molecule has 1 unspecified atom stereocenters. The largest absolute Gasteiger partial charge is 0.465 e. The van der Waals surface area contributed by atoms with Gasteiger partial charge in [0, 0.05) is 15.8 Å². The Hall–Kier alpha value is -2.47. The number of aryl methyl sites for hydroxylation is 1. The number of hydrogen-bond acceptors (Lipinski definition) is 5. The van der Waals surface area contributed by atoms with Crippen LogP contribution in [0.25, 0.3) is 16.6 Å². The first kappa shape index (κ1) is 19.8. The summed E-state index contributed by atoms with van der Waals surface area (Å²) in [6.07, 6.45) is 4.80. The van der Waals surface area contributed by atoms with Gasteiger partial charge in [-0.3, -0.25) is 0 Å². The summed E-state index contributed by atoms with van der Waals surface area (Å²) in [7, 11) is -3.82. The molecule has 2 aromatic heterocycles. The summed E-state index contributed by atoms with van der Waals surface area (Å²) < 4.78 is 28.3. The smallest absolute Gasteiger partial charge is 0.404 e. The van der Waals surface area contributed by atoms with E-state index in [9.17, 15) is 13.2 Å². The predicted octanol–water partition coefficient (Wildman–Crippen LogP) is 3.39. The fourth-order valence-electron chi connectivity index (χ4n) is 3.44. The highest BCUT2D eigenvalue weighted by Gasteiger charge is 2.27. The van der Waals surface area contributed by atoms with E-state index >= 15 is 0 Å². The zero-order chi connectivity index (χ0) is 20.8. The van der Waals surface area contributed by atoms with E-state index in [-0.39, 0.29) is 10.9 Å². The second-order valence-electron chi connectivity index (χ2n) is 6.83. The van der Waals surface area contributed by atoms with Crippen LogP contribution >= 0.6 is 22.6 Å². The van der Waals surface area contributed by atoms with Crippen molar-refractivity contribution in [3.63, 3.8) is 0 Å². The predicted molar refractivity (Wildman–Crippen MR) is 116 cm³/mol. The second-order valence-corrected chi connectivity index (χ2v) is 9.80. The Bertz CT molecular complexity index is 1250. The van der Waals surface area contributed by atoms with Gasteiger partial charge in [-0.15, -0.1) is 0 Å². The Morgan fingerprint density at radius 3 is 2.69 bits per heavy atom. The molecule has 0 aliphatic heterocycles. The molecule has 1 atom stereocenters. The molecule has 150 valence electrons. The highest BCUT2D eigenvalue weighted by Crippen LogP contribution is 2.35. The Morgan fingerprint density at radius 1 is 1.28 bits per heavy atom. The van der Waals surface area contributed by atoms with Crippen LogP contribution in [0.5, 0.6) is 0 Å². The van der Waals surface area contributed by atoms with Crippen LogP contribution in [0, 0.1) is 10.5 Å². The van der Waals surface area contributed by atoms with Crippen molar-refractivity contribution in [3.05, 3.63) is 57.7 Å². The summed E-state index contributed by atoms with van der Waals surface area (Å²) in [5, 5.41) is 12.1. The number of fused-ring (bicyclic) bond motifs is 1. The van der Waals surface area contributed by atoms with Gasteiger partial charge in [-0.25, -0.2) is 27.2 Å². The molecule has 1 amide bonds. The fraction of sp³-hybridized carbons (Fsp3) is 0.211. The molecule has 0 radical (unpaired) electrons. The SMILES string of the molecule is Cc1ccc(S(=O)(=O)n2cc(I)c3c(C4=CCC(NC(=O)O)C4)ncnc32)cc1. The maximum Gasteiger partial charge on any atom is 0.404 e. The average molecular weight is 524 g/mol. The number of carbonyl (C=O) groups is 1. The van der Waals surface area contributed by atoms with Gasteiger partial charge in [0.2, 0.25) is 0 Å². The minimum atomic E-state index is -3.82. The molecule has 3 aromatic rings. The highest BCUT2D eigenvalue weighted by molar-refractivity contribution is 14.1. The van der Waals surface area contributed by atoms with Crippen LogP contribution < -0.4 is 5.32 Å². The van der Waals surface area contributed by atoms with Crippen molar-refractivity contribution in [2.24, 2.45) is 0 Å². The lowest BCUT2D eigenvalue weighted by Gasteiger charge is -2.10. The van der Waals surface area contributed by atoms with E-state index in [2.05, 4.69) is 37.9 Å². The van der Waals surface area contributed by atoms with Gasteiger partial charge in [0.15, 0.2) is 5.65 Å². The van der Waals surface area contributed by atoms with Crippen LogP contribution in [-0.4, -0.2) is 39.6 Å². The number of halogens is 1. The summed E-state index contributed by atoms with van der Waals surface area (Å²) in [5.74, 6) is 0. The van der Waals surface area contributed by atoms with Crippen molar-refractivity contribution in [1.29, 1.82) is 0 Å². The van der Waals surface area contributed by atoms with E-state index in [1.807, 2.05) is 13.0 Å². The number of nitrogens with zero attached hydrogens (tertiary/aromatic N) is 3. The molecule has 0 saturated heterocycles. The highest BCUT2D eigenvalue weighted by atomic mass is 127. The molecule has 1 aliphatic carbocycles. The third kappa shape index (κ3) is 3.62. The quantitative estimate of drug-likeness (QED) is 0.506. The van der Waals surface area contributed by atoms with Crippen molar-refractivity contribution in [2.45, 2.75) is 30.7 Å². The number of aromatic nitrogens is 3. The summed E-state index contributed by atoms with van der Waals surface area (Å²) in [6.45, 7) is 1.89. The number of amides is 1. The molecule has 1 aromatic carbocycles. The number of benzene rings is 1. The molecule has 10 heteroatoms. The van der Waals surface area contributed by atoms with Crippen molar-refractivity contribution < 1.29 is 18.3 Å². The van der Waals surface area contributed by atoms with Gasteiger partial charge in [0.25, 0.3) is 10.0 Å². The lowest BCUT2D eigenvalue weighted by Crippen LogP contribution is -2.31. The molecule has 0 saturated carbocycles. The van der Waals surface area contributed by atoms with Crippen molar-refractivity contribution >= 4 is 55.3 Å². The van der Waals surface area contributed by atoms with Gasteiger partial charge in [0.05, 0.1) is 16.0 Å². The topological polar surface area (TPSA) is 114 Å². The molecule has 1 aliphatic rings. The first-order chi connectivity index (χ1) is 13.8. The van der Waals surface area contributed by atoms with Crippen molar-refractivity contribution in [3.8, 4) is 0 Å². The third-order valence-corrected chi connectivity index (χ3v) is 7.31. The first-order valence-corrected chi connectivity index (χ1v) is 11.3. The van der Waals surface area contributed by atoms with E-state index in [4.69, 9.17) is 5.11 Å². The molecule has 29 heavy (non-hydrogen) atoms. The molecular formula is C19H17IN4O4S. The van der Waals surface area contributed by atoms with Gasteiger partial charge < -0.3 is 10.4 Å². The minimum absolute atomic E-state index is 0.183. The number of nitrogens with one attached hydrogen (secondary N) is 1. The van der Waals surface area contributed by atoms with E-state index < -0.39 is 16.1 Å². The van der Waals surface area contributed by atoms with Crippen LogP contribution in [-0.2, 0) is 10.0 Å². The zero-order valence-corrected chi connectivity index (χ0v) is 18.3. The number of rotatable bonds is 4. The Morgan fingerprint density at radius 2 is 2.00 bits per heavy atom. The van der Waals surface area contributed by atoms with Crippen LogP contribution in [0.1, 0.15) is 24.1 Å². The Labute approximate surface area is 180 Å². The van der Waals surface area contributed by atoms with E-state index in [1.54, 1.807) is 30.5 Å². The summed E-state index contributed by atoms with van der Waals surface area (Å²) in [4.78, 5) is 19.7. The zero-order valence-electron chi connectivity index (χ0n) is 15.3. The van der Waals surface area contributed by atoms with Gasteiger partial charge in [0.1, 0.15) is 6.33 Å². The molecule has 0 bridgehead atoms. The Kier molecular flexibility index (Phi) is 5.07. The van der Waals surface area contributed by atoms with Crippen LogP contribution in [0.3, 0.4) is 0 Å². The summed E-state index contributed by atoms with van der Waals surface area (Å²) in [5.41, 5.74) is 2.78. The standard InChI is InChI=1S/C19H17IN4O4S/c1-11-2-6-14(7-3-11)29(27,28)24-9-15(20)16-17(21-10-22-18(16)24)12-4-5-13(8-12)23-19(25)26/h2-4,6-7,9-10,13,23H,5,8H2,1H3,(H,25,26). The van der Waals surface area contributed by atoms with Crippen LogP contribution in [0.4, 0.5) is 4.79 Å². The lowest BCUT2D eigenvalue weighted by molar-refractivity contribution is 0.190. The lowest BCUT2D eigenvalue weighted by atomic mass is 10.1. The molecule has 2 heterocycles. The minimum Gasteiger partial charge on any atom is -0.465 e. The van der Waals surface area contributed by atoms with Gasteiger partial charge in [-0.05, 0) is 60.1 Å². The maximum atomic E-state index is 13.2.